The standard InChI is InChI=1S/C21H38O2/c1-3-4-5-6-7-8-9-10-11-12-13-14-15-16-17-18-19-20(2)21(22)23/h18-19H,2-17H2,1H3,(H,22,23)/p-1/b19-18+. The molecule has 2 heteroatoms. The number of hydrogen-bond acceptors (Lipinski definition) is 2. The monoisotopic (exact) mass is 321 g/mol. The molecule has 0 saturated heterocycles. The number of rotatable bonds is 17. The van der Waals surface area contributed by atoms with Crippen LogP contribution in [0.25, 0.3) is 0 Å². The highest BCUT2D eigenvalue weighted by molar-refractivity contribution is 5.87. The lowest BCUT2D eigenvalue weighted by Gasteiger charge is -2.03. The Morgan fingerprint density at radius 3 is 1.57 bits per heavy atom. The molecule has 0 bridgehead atoms. The molecule has 0 aliphatic rings. The maximum Gasteiger partial charge on any atom is 0.0709 e. The maximum atomic E-state index is 10.4. The third kappa shape index (κ3) is 17.1. The van der Waals surface area contributed by atoms with E-state index in [2.05, 4.69) is 13.5 Å². The van der Waals surface area contributed by atoms with Crippen LogP contribution >= 0.6 is 0 Å². The number of carboxylic acid groups (broad SMARTS) is 1. The number of carboxylic acids is 1. The fourth-order valence-electron chi connectivity index (χ4n) is 2.75. The minimum atomic E-state index is -1.18. The van der Waals surface area contributed by atoms with Gasteiger partial charge in [-0.1, -0.05) is 109 Å². The first kappa shape index (κ1) is 21.9. The van der Waals surface area contributed by atoms with Gasteiger partial charge in [-0.05, 0) is 18.4 Å². The van der Waals surface area contributed by atoms with Gasteiger partial charge in [-0.25, -0.2) is 0 Å². The van der Waals surface area contributed by atoms with E-state index >= 15 is 0 Å². The van der Waals surface area contributed by atoms with E-state index in [-0.39, 0.29) is 5.57 Å². The van der Waals surface area contributed by atoms with E-state index in [9.17, 15) is 9.90 Å². The van der Waals surface area contributed by atoms with E-state index in [0.717, 1.165) is 12.8 Å². The van der Waals surface area contributed by atoms with Crippen LogP contribution in [-0.2, 0) is 4.79 Å². The summed E-state index contributed by atoms with van der Waals surface area (Å²) in [7, 11) is 0. The molecule has 0 aromatic heterocycles. The highest BCUT2D eigenvalue weighted by Crippen LogP contribution is 2.13. The van der Waals surface area contributed by atoms with Crippen molar-refractivity contribution in [2.45, 2.75) is 103 Å². The number of aliphatic carboxylic acids is 1. The van der Waals surface area contributed by atoms with E-state index in [4.69, 9.17) is 0 Å². The normalized spacial score (nSPS) is 11.2. The van der Waals surface area contributed by atoms with Crippen molar-refractivity contribution in [2.24, 2.45) is 0 Å². The number of unbranched alkanes of at least 4 members (excludes halogenated alkanes) is 14. The predicted molar refractivity (Wildman–Crippen MR) is 98.2 cm³/mol. The van der Waals surface area contributed by atoms with Gasteiger partial charge in [-0.15, -0.1) is 0 Å². The fraction of sp³-hybridized carbons (Fsp3) is 0.762. The summed E-state index contributed by atoms with van der Waals surface area (Å²) in [6, 6.07) is 0. The molecule has 0 atom stereocenters. The van der Waals surface area contributed by atoms with Gasteiger partial charge in [0.15, 0.2) is 0 Å². The summed E-state index contributed by atoms with van der Waals surface area (Å²) in [6.07, 6.45) is 23.4. The highest BCUT2D eigenvalue weighted by Gasteiger charge is 1.94. The Balaban J connectivity index is 3.13. The molecule has 0 aromatic rings. The summed E-state index contributed by atoms with van der Waals surface area (Å²) in [6.45, 7) is 5.68. The second-order valence-electron chi connectivity index (χ2n) is 6.60. The van der Waals surface area contributed by atoms with Crippen molar-refractivity contribution < 1.29 is 9.90 Å². The molecule has 0 unspecified atom stereocenters. The molecule has 23 heavy (non-hydrogen) atoms. The third-order valence-corrected chi connectivity index (χ3v) is 4.31. The Labute approximate surface area is 144 Å². The molecule has 0 saturated carbocycles. The van der Waals surface area contributed by atoms with Gasteiger partial charge in [0.1, 0.15) is 0 Å². The second-order valence-corrected chi connectivity index (χ2v) is 6.60. The maximum absolute atomic E-state index is 10.4. The molecule has 0 spiro atoms. The van der Waals surface area contributed by atoms with Crippen LogP contribution in [0.15, 0.2) is 24.3 Å². The van der Waals surface area contributed by atoms with Gasteiger partial charge in [-0.2, -0.15) is 0 Å². The molecule has 134 valence electrons. The number of hydrogen-bond donors (Lipinski definition) is 0. The molecular weight excluding hydrogens is 284 g/mol. The largest absolute Gasteiger partial charge is 0.545 e. The molecule has 0 aliphatic heterocycles. The lowest BCUT2D eigenvalue weighted by molar-refractivity contribution is -0.298. The number of carbonyl (C=O) groups excluding carboxylic acids is 1. The predicted octanol–water partition coefficient (Wildman–Crippen LogP) is 5.72. The van der Waals surface area contributed by atoms with Crippen molar-refractivity contribution in [1.29, 1.82) is 0 Å². The zero-order valence-corrected chi connectivity index (χ0v) is 15.3. The molecular formula is C21H37O2-. The van der Waals surface area contributed by atoms with Gasteiger partial charge in [-0.3, -0.25) is 0 Å². The van der Waals surface area contributed by atoms with E-state index < -0.39 is 5.97 Å². The Bertz CT molecular complexity index is 318. The van der Waals surface area contributed by atoms with Crippen LogP contribution in [0.5, 0.6) is 0 Å². The third-order valence-electron chi connectivity index (χ3n) is 4.31. The minimum absolute atomic E-state index is 0.0652. The zero-order chi connectivity index (χ0) is 17.2. The smallest absolute Gasteiger partial charge is 0.0709 e. The summed E-state index contributed by atoms with van der Waals surface area (Å²) in [5.74, 6) is -1.18. The van der Waals surface area contributed by atoms with Crippen LogP contribution in [0.3, 0.4) is 0 Å². The highest BCUT2D eigenvalue weighted by atomic mass is 16.4. The summed E-state index contributed by atoms with van der Waals surface area (Å²) in [4.78, 5) is 10.4. The quantitative estimate of drug-likeness (QED) is 0.195. The van der Waals surface area contributed by atoms with Crippen molar-refractivity contribution in [3.63, 3.8) is 0 Å². The summed E-state index contributed by atoms with van der Waals surface area (Å²) in [5, 5.41) is 10.4. The van der Waals surface area contributed by atoms with Crippen LogP contribution in [0.1, 0.15) is 103 Å². The second kappa shape index (κ2) is 17.3. The van der Waals surface area contributed by atoms with Crippen LogP contribution < -0.4 is 5.11 Å². The van der Waals surface area contributed by atoms with Crippen LogP contribution in [0.4, 0.5) is 0 Å². The first-order valence-electron chi connectivity index (χ1n) is 9.75. The van der Waals surface area contributed by atoms with Crippen molar-refractivity contribution >= 4 is 5.97 Å². The van der Waals surface area contributed by atoms with Crippen molar-refractivity contribution in [1.82, 2.24) is 0 Å². The Kier molecular flexibility index (Phi) is 16.5. The Morgan fingerprint density at radius 1 is 0.783 bits per heavy atom. The average molecular weight is 322 g/mol. The minimum Gasteiger partial charge on any atom is -0.545 e. The number of carbonyl (C=O) groups is 1. The summed E-state index contributed by atoms with van der Waals surface area (Å²) in [5.41, 5.74) is 0.0652. The molecule has 0 radical (unpaired) electrons. The van der Waals surface area contributed by atoms with Gasteiger partial charge >= 0.3 is 0 Å². The lowest BCUT2D eigenvalue weighted by atomic mass is 10.0. The van der Waals surface area contributed by atoms with E-state index in [0.29, 0.717) is 0 Å². The SMILES string of the molecule is C=C(/C=C/CCCCCCCCCCCCCCCC)C(=O)[O-]. The van der Waals surface area contributed by atoms with E-state index in [1.165, 1.54) is 83.5 Å². The molecule has 0 rings (SSSR count). The topological polar surface area (TPSA) is 40.1 Å². The van der Waals surface area contributed by atoms with Crippen LogP contribution in [-0.4, -0.2) is 5.97 Å². The Morgan fingerprint density at radius 2 is 1.17 bits per heavy atom. The molecule has 0 aromatic carbocycles. The van der Waals surface area contributed by atoms with Gasteiger partial charge in [0.25, 0.3) is 0 Å². The van der Waals surface area contributed by atoms with E-state index in [1.807, 2.05) is 6.08 Å². The van der Waals surface area contributed by atoms with Crippen molar-refractivity contribution in [2.75, 3.05) is 0 Å². The summed E-state index contributed by atoms with van der Waals surface area (Å²) < 4.78 is 0. The van der Waals surface area contributed by atoms with E-state index in [1.54, 1.807) is 6.08 Å². The first-order valence-corrected chi connectivity index (χ1v) is 9.75. The molecule has 0 N–H and O–H groups in total. The summed E-state index contributed by atoms with van der Waals surface area (Å²) >= 11 is 0. The lowest BCUT2D eigenvalue weighted by Crippen LogP contribution is -2.22. The van der Waals surface area contributed by atoms with Gasteiger partial charge in [0.05, 0.1) is 5.97 Å². The molecule has 0 heterocycles. The molecule has 0 fully saturated rings. The molecule has 0 aliphatic carbocycles. The zero-order valence-electron chi connectivity index (χ0n) is 15.3. The molecule has 2 nitrogen and oxygen atoms in total. The average Bonchev–Trinajstić information content (AvgIpc) is 2.54. The van der Waals surface area contributed by atoms with Crippen molar-refractivity contribution in [3.8, 4) is 0 Å². The number of allylic oxidation sites excluding steroid dienone is 1. The van der Waals surface area contributed by atoms with Crippen LogP contribution in [0, 0.1) is 0 Å². The van der Waals surface area contributed by atoms with Crippen molar-refractivity contribution in [3.05, 3.63) is 24.3 Å². The van der Waals surface area contributed by atoms with Gasteiger partial charge in [0.2, 0.25) is 0 Å². The van der Waals surface area contributed by atoms with Gasteiger partial charge in [0, 0.05) is 0 Å². The fourth-order valence-corrected chi connectivity index (χ4v) is 2.75. The molecule has 0 amide bonds. The van der Waals surface area contributed by atoms with Crippen LogP contribution in [0.2, 0.25) is 0 Å². The van der Waals surface area contributed by atoms with Gasteiger partial charge < -0.3 is 9.90 Å². The Hall–Kier alpha value is -1.05. The first-order chi connectivity index (χ1) is 11.2.